The number of unbranched alkanes of at least 4 members (excludes halogenated alkanes) is 3. The van der Waals surface area contributed by atoms with Crippen molar-refractivity contribution in [3.8, 4) is 0 Å². The van der Waals surface area contributed by atoms with E-state index in [1.807, 2.05) is 11.9 Å². The SMILES string of the molecule is CC/C=C/CCCCCC(=O)N(C)CC[N+](C)(C)CCO. The van der Waals surface area contributed by atoms with Gasteiger partial charge in [0.2, 0.25) is 5.91 Å². The van der Waals surface area contributed by atoms with Crippen molar-refractivity contribution in [2.24, 2.45) is 0 Å². The van der Waals surface area contributed by atoms with Crippen LogP contribution in [0.25, 0.3) is 0 Å². The molecule has 0 radical (unpaired) electrons. The second kappa shape index (κ2) is 11.8. The van der Waals surface area contributed by atoms with E-state index < -0.39 is 0 Å². The number of aliphatic hydroxyl groups excluding tert-OH is 1. The Kier molecular flexibility index (Phi) is 11.3. The predicted octanol–water partition coefficient (Wildman–Crippen LogP) is 2.43. The van der Waals surface area contributed by atoms with Crippen molar-refractivity contribution in [1.82, 2.24) is 4.90 Å². The van der Waals surface area contributed by atoms with Gasteiger partial charge in [0.15, 0.2) is 0 Å². The molecule has 0 saturated carbocycles. The molecule has 0 saturated heterocycles. The van der Waals surface area contributed by atoms with Gasteiger partial charge >= 0.3 is 0 Å². The summed E-state index contributed by atoms with van der Waals surface area (Å²) in [5, 5.41) is 9.00. The lowest BCUT2D eigenvalue weighted by atomic mass is 10.1. The first kappa shape index (κ1) is 20.1. The van der Waals surface area contributed by atoms with Crippen LogP contribution in [0.1, 0.15) is 45.4 Å². The number of carbonyl (C=O) groups excluding carboxylic acids is 1. The van der Waals surface area contributed by atoms with E-state index in [1.54, 1.807) is 0 Å². The van der Waals surface area contributed by atoms with E-state index in [0.29, 0.717) is 6.42 Å². The van der Waals surface area contributed by atoms with Gasteiger partial charge in [0, 0.05) is 13.5 Å². The fourth-order valence-electron chi connectivity index (χ4n) is 2.12. The lowest BCUT2D eigenvalue weighted by Gasteiger charge is -2.31. The van der Waals surface area contributed by atoms with E-state index in [4.69, 9.17) is 5.11 Å². The second-order valence-electron chi connectivity index (χ2n) is 6.40. The monoisotopic (exact) mass is 299 g/mol. The molecule has 0 aliphatic heterocycles. The number of hydrogen-bond acceptors (Lipinski definition) is 2. The second-order valence-corrected chi connectivity index (χ2v) is 6.40. The summed E-state index contributed by atoms with van der Waals surface area (Å²) in [6, 6.07) is 0. The Bertz CT molecular complexity index is 301. The zero-order valence-electron chi connectivity index (χ0n) is 14.5. The molecule has 0 aliphatic rings. The molecule has 0 fully saturated rings. The van der Waals surface area contributed by atoms with Crippen LogP contribution < -0.4 is 0 Å². The van der Waals surface area contributed by atoms with Crippen molar-refractivity contribution in [1.29, 1.82) is 0 Å². The maximum absolute atomic E-state index is 12.0. The summed E-state index contributed by atoms with van der Waals surface area (Å²) in [5.41, 5.74) is 0. The zero-order chi connectivity index (χ0) is 16.1. The lowest BCUT2D eigenvalue weighted by molar-refractivity contribution is -0.890. The highest BCUT2D eigenvalue weighted by molar-refractivity contribution is 5.75. The highest BCUT2D eigenvalue weighted by Gasteiger charge is 2.16. The summed E-state index contributed by atoms with van der Waals surface area (Å²) < 4.78 is 0.748. The van der Waals surface area contributed by atoms with Crippen LogP contribution >= 0.6 is 0 Å². The molecule has 0 aromatic rings. The Hall–Kier alpha value is -0.870. The van der Waals surface area contributed by atoms with Crippen LogP contribution in [-0.4, -0.2) is 67.8 Å². The molecule has 0 rings (SSSR count). The van der Waals surface area contributed by atoms with Gasteiger partial charge in [-0.15, -0.1) is 0 Å². The molecule has 0 heterocycles. The molecule has 0 bridgehead atoms. The number of hydrogen-bond donors (Lipinski definition) is 1. The molecule has 1 amide bonds. The third kappa shape index (κ3) is 11.5. The Morgan fingerprint density at radius 1 is 1.14 bits per heavy atom. The molecular formula is C17H35N2O2+. The van der Waals surface area contributed by atoms with Gasteiger partial charge < -0.3 is 14.5 Å². The molecule has 4 heteroatoms. The minimum Gasteiger partial charge on any atom is -0.391 e. The lowest BCUT2D eigenvalue weighted by Crippen LogP contribution is -2.47. The molecule has 0 spiro atoms. The molecule has 0 unspecified atom stereocenters. The highest BCUT2D eigenvalue weighted by Crippen LogP contribution is 2.06. The average molecular weight is 299 g/mol. The van der Waals surface area contributed by atoms with Crippen LogP contribution in [0, 0.1) is 0 Å². The summed E-state index contributed by atoms with van der Waals surface area (Å²) in [4.78, 5) is 13.8. The minimum atomic E-state index is 0.192. The maximum Gasteiger partial charge on any atom is 0.222 e. The van der Waals surface area contributed by atoms with Crippen LogP contribution in [-0.2, 0) is 4.79 Å². The number of allylic oxidation sites excluding steroid dienone is 2. The third-order valence-electron chi connectivity index (χ3n) is 3.84. The average Bonchev–Trinajstić information content (AvgIpc) is 2.43. The summed E-state index contributed by atoms with van der Waals surface area (Å²) >= 11 is 0. The number of rotatable bonds is 12. The summed E-state index contributed by atoms with van der Waals surface area (Å²) in [6.45, 7) is 4.70. The van der Waals surface area contributed by atoms with Gasteiger partial charge in [-0.1, -0.05) is 25.5 Å². The Morgan fingerprint density at radius 2 is 1.86 bits per heavy atom. The van der Waals surface area contributed by atoms with Crippen LogP contribution in [0.5, 0.6) is 0 Å². The van der Waals surface area contributed by atoms with E-state index in [9.17, 15) is 4.79 Å². The fraction of sp³-hybridized carbons (Fsp3) is 0.824. The van der Waals surface area contributed by atoms with Crippen LogP contribution in [0.2, 0.25) is 0 Å². The third-order valence-corrected chi connectivity index (χ3v) is 3.84. The van der Waals surface area contributed by atoms with Gasteiger partial charge in [-0.2, -0.15) is 0 Å². The first-order valence-electron chi connectivity index (χ1n) is 8.24. The number of likely N-dealkylation sites (N-methyl/N-ethyl adjacent to an activating group) is 2. The highest BCUT2D eigenvalue weighted by atomic mass is 16.3. The fourth-order valence-corrected chi connectivity index (χ4v) is 2.12. The molecule has 0 aromatic heterocycles. The van der Waals surface area contributed by atoms with Gasteiger partial charge in [0.1, 0.15) is 6.54 Å². The van der Waals surface area contributed by atoms with Crippen molar-refractivity contribution in [3.63, 3.8) is 0 Å². The molecule has 0 aromatic carbocycles. The Labute approximate surface area is 131 Å². The molecule has 0 atom stereocenters. The van der Waals surface area contributed by atoms with E-state index in [-0.39, 0.29) is 12.5 Å². The smallest absolute Gasteiger partial charge is 0.222 e. The van der Waals surface area contributed by atoms with Crippen molar-refractivity contribution < 1.29 is 14.4 Å². The van der Waals surface area contributed by atoms with Crippen molar-refractivity contribution >= 4 is 5.91 Å². The number of amides is 1. The molecule has 4 nitrogen and oxygen atoms in total. The van der Waals surface area contributed by atoms with Gasteiger partial charge in [0.05, 0.1) is 33.8 Å². The normalized spacial score (nSPS) is 12.0. The molecule has 124 valence electrons. The number of aliphatic hydroxyl groups is 1. The molecule has 0 aliphatic carbocycles. The molecule has 1 N–H and O–H groups in total. The van der Waals surface area contributed by atoms with Crippen LogP contribution in [0.3, 0.4) is 0 Å². The molecular weight excluding hydrogens is 264 g/mol. The quantitative estimate of drug-likeness (QED) is 0.341. The van der Waals surface area contributed by atoms with Crippen molar-refractivity contribution in [3.05, 3.63) is 12.2 Å². The van der Waals surface area contributed by atoms with Gasteiger partial charge in [-0.05, 0) is 25.7 Å². The zero-order valence-corrected chi connectivity index (χ0v) is 14.5. The van der Waals surface area contributed by atoms with E-state index in [1.165, 1.54) is 6.42 Å². The predicted molar refractivity (Wildman–Crippen MR) is 89.1 cm³/mol. The standard InChI is InChI=1S/C17H35N2O2/c1-5-6-7-8-9-10-11-12-17(21)18(2)13-14-19(3,4)15-16-20/h6-7,20H,5,8-16H2,1-4H3/q+1/b7-6+. The van der Waals surface area contributed by atoms with Crippen LogP contribution in [0.4, 0.5) is 0 Å². The van der Waals surface area contributed by atoms with E-state index in [0.717, 1.165) is 49.8 Å². The summed E-state index contributed by atoms with van der Waals surface area (Å²) in [5.74, 6) is 0.239. The number of quaternary nitrogens is 1. The van der Waals surface area contributed by atoms with E-state index in [2.05, 4.69) is 33.2 Å². The summed E-state index contributed by atoms with van der Waals surface area (Å²) in [6.07, 6.45) is 10.6. The van der Waals surface area contributed by atoms with Gasteiger partial charge in [-0.25, -0.2) is 0 Å². The summed E-state index contributed by atoms with van der Waals surface area (Å²) in [7, 11) is 6.04. The van der Waals surface area contributed by atoms with Crippen molar-refractivity contribution in [2.75, 3.05) is 47.4 Å². The maximum atomic E-state index is 12.0. The number of carbonyl (C=O) groups is 1. The van der Waals surface area contributed by atoms with Gasteiger partial charge in [0.25, 0.3) is 0 Å². The van der Waals surface area contributed by atoms with Gasteiger partial charge in [-0.3, -0.25) is 4.79 Å². The largest absolute Gasteiger partial charge is 0.391 e. The van der Waals surface area contributed by atoms with Crippen LogP contribution in [0.15, 0.2) is 12.2 Å². The Morgan fingerprint density at radius 3 is 2.48 bits per heavy atom. The first-order chi connectivity index (χ1) is 9.93. The first-order valence-corrected chi connectivity index (χ1v) is 8.24. The topological polar surface area (TPSA) is 40.5 Å². The minimum absolute atomic E-state index is 0.192. The molecule has 21 heavy (non-hydrogen) atoms. The number of nitrogens with zero attached hydrogens (tertiary/aromatic N) is 2. The van der Waals surface area contributed by atoms with E-state index >= 15 is 0 Å². The Balaban J connectivity index is 3.73. The van der Waals surface area contributed by atoms with Crippen molar-refractivity contribution in [2.45, 2.75) is 45.4 Å².